The largest absolute Gasteiger partial charge is 0.330 e. The van der Waals surface area contributed by atoms with E-state index in [0.29, 0.717) is 5.41 Å². The van der Waals surface area contributed by atoms with Crippen LogP contribution >= 0.6 is 0 Å². The van der Waals surface area contributed by atoms with Crippen LogP contribution in [0, 0.1) is 11.3 Å². The molecule has 0 aromatic carbocycles. The van der Waals surface area contributed by atoms with Gasteiger partial charge in [-0.25, -0.2) is 0 Å². The normalized spacial score (nSPS) is 17.7. The highest BCUT2D eigenvalue weighted by Gasteiger charge is 2.30. The van der Waals surface area contributed by atoms with Crippen molar-refractivity contribution in [1.29, 1.82) is 0 Å². The Morgan fingerprint density at radius 3 is 1.78 bits per heavy atom. The van der Waals surface area contributed by atoms with Crippen LogP contribution in [-0.4, -0.2) is 31.1 Å². The van der Waals surface area contributed by atoms with E-state index in [0.717, 1.165) is 12.5 Å². The molecule has 1 fully saturated rings. The summed E-state index contributed by atoms with van der Waals surface area (Å²) in [5.41, 5.74) is 6.27. The number of hydrogen-bond donors (Lipinski definition) is 1. The molecule has 1 rings (SSSR count). The Bertz CT molecular complexity index is 267. The van der Waals surface area contributed by atoms with Crippen molar-refractivity contribution in [2.24, 2.45) is 17.1 Å². The predicted molar refractivity (Wildman–Crippen MR) is 104 cm³/mol. The Hall–Kier alpha value is -0.0800. The molecule has 1 aliphatic rings. The fourth-order valence-corrected chi connectivity index (χ4v) is 3.93. The summed E-state index contributed by atoms with van der Waals surface area (Å²) >= 11 is 0. The summed E-state index contributed by atoms with van der Waals surface area (Å²) in [5, 5.41) is 0. The molecular weight excluding hydrogens is 280 g/mol. The SMILES string of the molecule is CCCCCCCCCCCCN1CCC(C(C)(C)CN)CC1. The molecule has 1 heterocycles. The van der Waals surface area contributed by atoms with Gasteiger partial charge in [0.25, 0.3) is 0 Å². The molecule has 1 aliphatic heterocycles. The van der Waals surface area contributed by atoms with Crippen molar-refractivity contribution in [3.8, 4) is 0 Å². The van der Waals surface area contributed by atoms with Crippen molar-refractivity contribution in [2.45, 2.75) is 97.8 Å². The van der Waals surface area contributed by atoms with Gasteiger partial charge in [-0.05, 0) is 56.8 Å². The lowest BCUT2D eigenvalue weighted by Gasteiger charge is -2.40. The van der Waals surface area contributed by atoms with E-state index in [1.165, 1.54) is 96.7 Å². The van der Waals surface area contributed by atoms with Crippen molar-refractivity contribution in [3.63, 3.8) is 0 Å². The minimum atomic E-state index is 0.337. The Balaban J connectivity index is 1.92. The maximum Gasteiger partial charge on any atom is -0.00159 e. The van der Waals surface area contributed by atoms with Crippen LogP contribution in [0.2, 0.25) is 0 Å². The lowest BCUT2D eigenvalue weighted by Crippen LogP contribution is -2.42. The third-order valence-electron chi connectivity index (χ3n) is 6.05. The molecule has 0 bridgehead atoms. The van der Waals surface area contributed by atoms with Gasteiger partial charge in [-0.15, -0.1) is 0 Å². The fraction of sp³-hybridized carbons (Fsp3) is 1.00. The van der Waals surface area contributed by atoms with Crippen LogP contribution < -0.4 is 5.73 Å². The molecule has 23 heavy (non-hydrogen) atoms. The number of nitrogens with two attached hydrogens (primary N) is 1. The molecule has 2 heteroatoms. The number of rotatable bonds is 13. The number of nitrogens with zero attached hydrogens (tertiary/aromatic N) is 1. The standard InChI is InChI=1S/C21H44N2/c1-4-5-6-7-8-9-10-11-12-13-16-23-17-14-20(15-18-23)21(2,3)19-22/h20H,4-19,22H2,1-3H3. The van der Waals surface area contributed by atoms with Crippen molar-refractivity contribution in [1.82, 2.24) is 4.90 Å². The number of unbranched alkanes of at least 4 members (excludes halogenated alkanes) is 9. The first-order valence-electron chi connectivity index (χ1n) is 10.5. The molecule has 0 aromatic heterocycles. The summed E-state index contributed by atoms with van der Waals surface area (Å²) in [6.07, 6.45) is 17.1. The van der Waals surface area contributed by atoms with Crippen LogP contribution in [-0.2, 0) is 0 Å². The number of likely N-dealkylation sites (tertiary alicyclic amines) is 1. The zero-order valence-electron chi connectivity index (χ0n) is 16.4. The Morgan fingerprint density at radius 1 is 0.826 bits per heavy atom. The number of hydrogen-bond acceptors (Lipinski definition) is 2. The summed E-state index contributed by atoms with van der Waals surface area (Å²) < 4.78 is 0. The molecule has 2 N–H and O–H groups in total. The second-order valence-corrected chi connectivity index (χ2v) is 8.49. The first kappa shape index (κ1) is 21.0. The van der Waals surface area contributed by atoms with E-state index < -0.39 is 0 Å². The maximum absolute atomic E-state index is 5.93. The predicted octanol–water partition coefficient (Wildman–Crippen LogP) is 5.60. The van der Waals surface area contributed by atoms with Crippen LogP contribution in [0.15, 0.2) is 0 Å². The van der Waals surface area contributed by atoms with Crippen LogP contribution in [0.5, 0.6) is 0 Å². The van der Waals surface area contributed by atoms with E-state index in [4.69, 9.17) is 5.73 Å². The highest BCUT2D eigenvalue weighted by molar-refractivity contribution is 4.84. The van der Waals surface area contributed by atoms with Crippen LogP contribution in [0.4, 0.5) is 0 Å². The zero-order valence-corrected chi connectivity index (χ0v) is 16.4. The van der Waals surface area contributed by atoms with Gasteiger partial charge in [0.15, 0.2) is 0 Å². The van der Waals surface area contributed by atoms with Gasteiger partial charge in [-0.1, -0.05) is 78.6 Å². The minimum absolute atomic E-state index is 0.337. The quantitative estimate of drug-likeness (QED) is 0.446. The zero-order chi connectivity index (χ0) is 17.0. The Morgan fingerprint density at radius 2 is 1.30 bits per heavy atom. The van der Waals surface area contributed by atoms with Gasteiger partial charge in [0, 0.05) is 0 Å². The summed E-state index contributed by atoms with van der Waals surface area (Å²) in [6, 6.07) is 0. The molecule has 138 valence electrons. The highest BCUT2D eigenvalue weighted by Crippen LogP contribution is 2.34. The van der Waals surface area contributed by atoms with Crippen molar-refractivity contribution >= 4 is 0 Å². The third kappa shape index (κ3) is 9.10. The Kier molecular flexibility index (Phi) is 11.2. The molecule has 2 nitrogen and oxygen atoms in total. The van der Waals surface area contributed by atoms with Gasteiger partial charge in [-0.3, -0.25) is 0 Å². The molecule has 0 aliphatic carbocycles. The number of piperidine rings is 1. The van der Waals surface area contributed by atoms with Gasteiger partial charge in [0.05, 0.1) is 0 Å². The topological polar surface area (TPSA) is 29.3 Å². The average Bonchev–Trinajstić information content (AvgIpc) is 2.57. The van der Waals surface area contributed by atoms with E-state index >= 15 is 0 Å². The summed E-state index contributed by atoms with van der Waals surface area (Å²) in [6.45, 7) is 11.7. The fourth-order valence-electron chi connectivity index (χ4n) is 3.93. The smallest absolute Gasteiger partial charge is 0.00159 e. The van der Waals surface area contributed by atoms with Crippen molar-refractivity contribution < 1.29 is 0 Å². The van der Waals surface area contributed by atoms with E-state index in [1.807, 2.05) is 0 Å². The van der Waals surface area contributed by atoms with Crippen molar-refractivity contribution in [3.05, 3.63) is 0 Å². The van der Waals surface area contributed by atoms with E-state index in [-0.39, 0.29) is 0 Å². The minimum Gasteiger partial charge on any atom is -0.330 e. The van der Waals surface area contributed by atoms with E-state index in [9.17, 15) is 0 Å². The highest BCUT2D eigenvalue weighted by atomic mass is 15.1. The lowest BCUT2D eigenvalue weighted by molar-refractivity contribution is 0.104. The molecule has 0 atom stereocenters. The maximum atomic E-state index is 5.93. The molecule has 0 saturated carbocycles. The molecule has 0 amide bonds. The monoisotopic (exact) mass is 324 g/mol. The van der Waals surface area contributed by atoms with Crippen molar-refractivity contribution in [2.75, 3.05) is 26.2 Å². The lowest BCUT2D eigenvalue weighted by atomic mass is 9.74. The van der Waals surface area contributed by atoms with E-state index in [1.54, 1.807) is 0 Å². The summed E-state index contributed by atoms with van der Waals surface area (Å²) in [5.74, 6) is 0.830. The van der Waals surface area contributed by atoms with Gasteiger partial charge >= 0.3 is 0 Å². The van der Waals surface area contributed by atoms with Gasteiger partial charge in [0.2, 0.25) is 0 Å². The van der Waals surface area contributed by atoms with Crippen LogP contribution in [0.3, 0.4) is 0 Å². The van der Waals surface area contributed by atoms with Crippen LogP contribution in [0.1, 0.15) is 97.8 Å². The first-order chi connectivity index (χ1) is 11.1. The average molecular weight is 325 g/mol. The van der Waals surface area contributed by atoms with E-state index in [2.05, 4.69) is 25.7 Å². The third-order valence-corrected chi connectivity index (χ3v) is 6.05. The molecule has 0 unspecified atom stereocenters. The van der Waals surface area contributed by atoms with Gasteiger partial charge < -0.3 is 10.6 Å². The second kappa shape index (κ2) is 12.3. The van der Waals surface area contributed by atoms with Crippen LogP contribution in [0.25, 0.3) is 0 Å². The second-order valence-electron chi connectivity index (χ2n) is 8.49. The summed E-state index contributed by atoms with van der Waals surface area (Å²) in [7, 11) is 0. The first-order valence-corrected chi connectivity index (χ1v) is 10.5. The molecule has 0 aromatic rings. The molecule has 0 spiro atoms. The molecular formula is C21H44N2. The molecule has 1 saturated heterocycles. The summed E-state index contributed by atoms with van der Waals surface area (Å²) in [4.78, 5) is 2.69. The van der Waals surface area contributed by atoms with Gasteiger partial charge in [-0.2, -0.15) is 0 Å². The molecule has 0 radical (unpaired) electrons. The van der Waals surface area contributed by atoms with Gasteiger partial charge in [0.1, 0.15) is 0 Å². The Labute approximate surface area is 146 Å².